The summed E-state index contributed by atoms with van der Waals surface area (Å²) in [7, 11) is 0. The summed E-state index contributed by atoms with van der Waals surface area (Å²) in [5, 5.41) is 11.7. The van der Waals surface area contributed by atoms with Crippen LogP contribution in [-0.2, 0) is 6.18 Å². The maximum Gasteiger partial charge on any atom is 0.433 e. The Hall–Kier alpha value is -1.57. The minimum absolute atomic E-state index is 0.0686. The van der Waals surface area contributed by atoms with E-state index in [-0.39, 0.29) is 31.0 Å². The molecule has 0 saturated carbocycles. The molecule has 0 aliphatic carbocycles. The lowest BCUT2D eigenvalue weighted by molar-refractivity contribution is -0.141. The third-order valence-electron chi connectivity index (χ3n) is 2.60. The molecule has 0 aromatic carbocycles. The van der Waals surface area contributed by atoms with E-state index >= 15 is 0 Å². The van der Waals surface area contributed by atoms with Crippen LogP contribution in [0, 0.1) is 0 Å². The molecule has 0 aliphatic heterocycles. The Morgan fingerprint density at radius 1 is 1.35 bits per heavy atom. The largest absolute Gasteiger partial charge is 0.433 e. The average molecular weight is 292 g/mol. The Balaban J connectivity index is 3.26. The molecule has 1 rings (SSSR count). The molecule has 20 heavy (non-hydrogen) atoms. The van der Waals surface area contributed by atoms with Crippen LogP contribution in [0.4, 0.5) is 24.9 Å². The first-order valence-electron chi connectivity index (χ1n) is 6.37. The van der Waals surface area contributed by atoms with Gasteiger partial charge in [0.2, 0.25) is 5.95 Å². The van der Waals surface area contributed by atoms with Gasteiger partial charge in [-0.1, -0.05) is 0 Å². The van der Waals surface area contributed by atoms with E-state index in [1.54, 1.807) is 11.8 Å². The van der Waals surface area contributed by atoms with Gasteiger partial charge in [0.15, 0.2) is 5.69 Å². The van der Waals surface area contributed by atoms with Crippen LogP contribution in [0.2, 0.25) is 0 Å². The summed E-state index contributed by atoms with van der Waals surface area (Å²) in [4.78, 5) is 9.12. The fourth-order valence-electron chi connectivity index (χ4n) is 1.71. The molecule has 0 saturated heterocycles. The first-order chi connectivity index (χ1) is 9.29. The van der Waals surface area contributed by atoms with Gasteiger partial charge in [0, 0.05) is 25.2 Å². The number of hydrogen-bond acceptors (Lipinski definition) is 5. The van der Waals surface area contributed by atoms with E-state index < -0.39 is 11.9 Å². The second-order valence-electron chi connectivity index (χ2n) is 4.47. The molecule has 0 fully saturated rings. The van der Waals surface area contributed by atoms with Gasteiger partial charge < -0.3 is 15.3 Å². The fraction of sp³-hybridized carbons (Fsp3) is 0.667. The third kappa shape index (κ3) is 4.22. The highest BCUT2D eigenvalue weighted by Gasteiger charge is 2.34. The van der Waals surface area contributed by atoms with Crippen molar-refractivity contribution in [3.05, 3.63) is 11.8 Å². The molecule has 0 aliphatic rings. The van der Waals surface area contributed by atoms with Gasteiger partial charge in [-0.2, -0.15) is 18.2 Å². The van der Waals surface area contributed by atoms with Crippen molar-refractivity contribution in [1.29, 1.82) is 0 Å². The van der Waals surface area contributed by atoms with E-state index in [4.69, 9.17) is 5.11 Å². The summed E-state index contributed by atoms with van der Waals surface area (Å²) in [6.45, 7) is 5.84. The van der Waals surface area contributed by atoms with Crippen LogP contribution >= 0.6 is 0 Å². The van der Waals surface area contributed by atoms with E-state index in [0.717, 1.165) is 6.07 Å². The van der Waals surface area contributed by atoms with Crippen molar-refractivity contribution in [1.82, 2.24) is 9.97 Å². The standard InChI is InChI=1S/C12H19F3N4O/c1-4-16-11-17-9(12(13,14)15)7-10(18-11)19(5-6-20)8(2)3/h7-8,20H,4-6H2,1-3H3,(H,16,17,18). The molecule has 0 bridgehead atoms. The van der Waals surface area contributed by atoms with Gasteiger partial charge in [-0.05, 0) is 20.8 Å². The van der Waals surface area contributed by atoms with Crippen LogP contribution in [0.25, 0.3) is 0 Å². The zero-order valence-corrected chi connectivity index (χ0v) is 11.7. The van der Waals surface area contributed by atoms with Crippen LogP contribution in [0.5, 0.6) is 0 Å². The number of aromatic nitrogens is 2. The molecule has 1 aromatic rings. The van der Waals surface area contributed by atoms with Gasteiger partial charge in [0.25, 0.3) is 0 Å². The number of aliphatic hydroxyl groups is 1. The highest BCUT2D eigenvalue weighted by Crippen LogP contribution is 2.30. The predicted molar refractivity (Wildman–Crippen MR) is 70.8 cm³/mol. The Morgan fingerprint density at radius 2 is 2.00 bits per heavy atom. The highest BCUT2D eigenvalue weighted by atomic mass is 19.4. The SMILES string of the molecule is CCNc1nc(N(CCO)C(C)C)cc(C(F)(F)F)n1. The average Bonchev–Trinajstić information content (AvgIpc) is 2.34. The van der Waals surface area contributed by atoms with E-state index in [9.17, 15) is 13.2 Å². The van der Waals surface area contributed by atoms with Gasteiger partial charge >= 0.3 is 6.18 Å². The summed E-state index contributed by atoms with van der Waals surface area (Å²) in [6, 6.07) is 0.809. The minimum Gasteiger partial charge on any atom is -0.395 e. The molecule has 0 amide bonds. The molecule has 114 valence electrons. The molecule has 1 aromatic heterocycles. The quantitative estimate of drug-likeness (QED) is 0.841. The minimum atomic E-state index is -4.54. The number of hydrogen-bond donors (Lipinski definition) is 2. The molecule has 0 unspecified atom stereocenters. The number of aliphatic hydroxyl groups excluding tert-OH is 1. The molecule has 0 spiro atoms. The van der Waals surface area contributed by atoms with Crippen molar-refractivity contribution in [2.75, 3.05) is 29.9 Å². The van der Waals surface area contributed by atoms with Gasteiger partial charge in [0.1, 0.15) is 5.82 Å². The number of nitrogens with one attached hydrogen (secondary N) is 1. The number of halogens is 3. The predicted octanol–water partition coefficient (Wildman–Crippen LogP) is 2.13. The maximum absolute atomic E-state index is 12.9. The van der Waals surface area contributed by atoms with E-state index in [0.29, 0.717) is 6.54 Å². The molecule has 1 heterocycles. The Bertz CT molecular complexity index is 437. The summed E-state index contributed by atoms with van der Waals surface area (Å²) in [5.74, 6) is 0.0771. The van der Waals surface area contributed by atoms with Gasteiger partial charge in [0.05, 0.1) is 6.61 Å². The van der Waals surface area contributed by atoms with Crippen LogP contribution in [0.3, 0.4) is 0 Å². The molecule has 0 atom stereocenters. The Labute approximate surface area is 115 Å². The number of alkyl halides is 3. The fourth-order valence-corrected chi connectivity index (χ4v) is 1.71. The van der Waals surface area contributed by atoms with Gasteiger partial charge in [-0.15, -0.1) is 0 Å². The van der Waals surface area contributed by atoms with E-state index in [1.165, 1.54) is 0 Å². The van der Waals surface area contributed by atoms with Crippen molar-refractivity contribution < 1.29 is 18.3 Å². The zero-order valence-electron chi connectivity index (χ0n) is 11.7. The van der Waals surface area contributed by atoms with Gasteiger partial charge in [-0.3, -0.25) is 0 Å². The van der Waals surface area contributed by atoms with E-state index in [1.807, 2.05) is 13.8 Å². The summed E-state index contributed by atoms with van der Waals surface area (Å²) < 4.78 is 38.6. The zero-order chi connectivity index (χ0) is 15.3. The summed E-state index contributed by atoms with van der Waals surface area (Å²) >= 11 is 0. The second kappa shape index (κ2) is 6.74. The van der Waals surface area contributed by atoms with Crippen LogP contribution in [0.1, 0.15) is 26.5 Å². The van der Waals surface area contributed by atoms with Crippen LogP contribution < -0.4 is 10.2 Å². The third-order valence-corrected chi connectivity index (χ3v) is 2.60. The summed E-state index contributed by atoms with van der Waals surface area (Å²) in [5.41, 5.74) is -0.998. The molecular weight excluding hydrogens is 273 g/mol. The Morgan fingerprint density at radius 3 is 2.45 bits per heavy atom. The van der Waals surface area contributed by atoms with Crippen molar-refractivity contribution >= 4 is 11.8 Å². The topological polar surface area (TPSA) is 61.3 Å². The van der Waals surface area contributed by atoms with Crippen molar-refractivity contribution in [2.45, 2.75) is 33.0 Å². The molecular formula is C12H19F3N4O. The lowest BCUT2D eigenvalue weighted by Gasteiger charge is -2.27. The van der Waals surface area contributed by atoms with Crippen LogP contribution in [-0.4, -0.2) is 40.8 Å². The molecule has 0 radical (unpaired) electrons. The van der Waals surface area contributed by atoms with Crippen molar-refractivity contribution in [2.24, 2.45) is 0 Å². The monoisotopic (exact) mass is 292 g/mol. The normalized spacial score (nSPS) is 11.8. The first-order valence-corrected chi connectivity index (χ1v) is 6.37. The number of anilines is 2. The first kappa shape index (κ1) is 16.5. The van der Waals surface area contributed by atoms with Gasteiger partial charge in [-0.25, -0.2) is 4.98 Å². The maximum atomic E-state index is 12.9. The summed E-state index contributed by atoms with van der Waals surface area (Å²) in [6.07, 6.45) is -4.54. The highest BCUT2D eigenvalue weighted by molar-refractivity contribution is 5.46. The number of nitrogens with zero attached hydrogens (tertiary/aromatic N) is 3. The molecule has 8 heteroatoms. The van der Waals surface area contributed by atoms with E-state index in [2.05, 4.69) is 15.3 Å². The molecule has 5 nitrogen and oxygen atoms in total. The van der Waals surface area contributed by atoms with Crippen molar-refractivity contribution in [3.63, 3.8) is 0 Å². The lowest BCUT2D eigenvalue weighted by atomic mass is 10.3. The van der Waals surface area contributed by atoms with Crippen LogP contribution in [0.15, 0.2) is 6.07 Å². The smallest absolute Gasteiger partial charge is 0.395 e. The number of rotatable bonds is 6. The lowest BCUT2D eigenvalue weighted by Crippen LogP contribution is -2.34. The molecule has 2 N–H and O–H groups in total. The second-order valence-corrected chi connectivity index (χ2v) is 4.47. The van der Waals surface area contributed by atoms with Crippen molar-refractivity contribution in [3.8, 4) is 0 Å². The Kier molecular flexibility index (Phi) is 5.55.